The number of hydroxylamine groups is 1. The zero-order chi connectivity index (χ0) is 13.7. The molecule has 1 rings (SSSR count). The van der Waals surface area contributed by atoms with Gasteiger partial charge in [0.05, 0.1) is 6.61 Å². The van der Waals surface area contributed by atoms with Gasteiger partial charge >= 0.3 is 5.69 Å². The molecule has 0 aliphatic heterocycles. The Labute approximate surface area is 104 Å². The van der Waals surface area contributed by atoms with Crippen molar-refractivity contribution >= 4 is 5.91 Å². The van der Waals surface area contributed by atoms with Crippen LogP contribution >= 0.6 is 0 Å². The Hall–Kier alpha value is -1.89. The molecule has 0 bridgehead atoms. The summed E-state index contributed by atoms with van der Waals surface area (Å²) in [4.78, 5) is 39.2. The van der Waals surface area contributed by atoms with E-state index in [-0.39, 0.29) is 6.54 Å². The van der Waals surface area contributed by atoms with Crippen LogP contribution in [0.15, 0.2) is 21.9 Å². The molecule has 1 amide bonds. The monoisotopic (exact) mass is 255 g/mol. The van der Waals surface area contributed by atoms with Crippen molar-refractivity contribution in [3.8, 4) is 0 Å². The fourth-order valence-electron chi connectivity index (χ4n) is 1.21. The molecule has 0 saturated carbocycles. The molecule has 7 nitrogen and oxygen atoms in total. The number of rotatable bonds is 5. The van der Waals surface area contributed by atoms with Gasteiger partial charge in [-0.25, -0.2) is 10.3 Å². The first kappa shape index (κ1) is 14.2. The van der Waals surface area contributed by atoms with Crippen LogP contribution in [0, 0.1) is 5.92 Å². The summed E-state index contributed by atoms with van der Waals surface area (Å²) >= 11 is 0. The van der Waals surface area contributed by atoms with Crippen LogP contribution in [0.3, 0.4) is 0 Å². The van der Waals surface area contributed by atoms with E-state index in [1.165, 1.54) is 19.3 Å². The Morgan fingerprint density at radius 3 is 2.72 bits per heavy atom. The number of nitrogens with one attached hydrogen (secondary N) is 1. The molecule has 0 saturated heterocycles. The predicted octanol–water partition coefficient (Wildman–Crippen LogP) is -0.749. The summed E-state index contributed by atoms with van der Waals surface area (Å²) in [5, 5.41) is 0. The second-order valence-corrected chi connectivity index (χ2v) is 4.35. The molecule has 1 heterocycles. The zero-order valence-corrected chi connectivity index (χ0v) is 10.7. The standard InChI is InChI=1S/C11H17N3O4/c1-8(2)7-18-12-9(15)6-14-5-4-10(16)13(3)11(14)17/h4-5,8H,6-7H2,1-3H3,(H,12,15). The quantitative estimate of drug-likeness (QED) is 0.702. The van der Waals surface area contributed by atoms with E-state index in [9.17, 15) is 14.4 Å². The Bertz CT molecular complexity index is 530. The van der Waals surface area contributed by atoms with Crippen molar-refractivity contribution in [1.29, 1.82) is 0 Å². The number of aromatic nitrogens is 2. The Morgan fingerprint density at radius 2 is 2.11 bits per heavy atom. The van der Waals surface area contributed by atoms with Crippen LogP contribution in [0.1, 0.15) is 13.8 Å². The third-order valence-corrected chi connectivity index (χ3v) is 2.18. The first-order valence-electron chi connectivity index (χ1n) is 5.59. The van der Waals surface area contributed by atoms with Gasteiger partial charge in [-0.15, -0.1) is 0 Å². The first-order chi connectivity index (χ1) is 8.41. The molecule has 0 fully saturated rings. The summed E-state index contributed by atoms with van der Waals surface area (Å²) in [5.74, 6) is -0.151. The fourth-order valence-corrected chi connectivity index (χ4v) is 1.21. The second kappa shape index (κ2) is 6.15. The van der Waals surface area contributed by atoms with Crippen molar-refractivity contribution in [1.82, 2.24) is 14.6 Å². The van der Waals surface area contributed by atoms with Crippen molar-refractivity contribution in [2.45, 2.75) is 20.4 Å². The molecular formula is C11H17N3O4. The molecule has 0 unspecified atom stereocenters. The van der Waals surface area contributed by atoms with Gasteiger partial charge in [0.2, 0.25) is 0 Å². The Balaban J connectivity index is 2.63. The van der Waals surface area contributed by atoms with E-state index in [4.69, 9.17) is 4.84 Å². The minimum Gasteiger partial charge on any atom is -0.291 e. The van der Waals surface area contributed by atoms with Crippen LogP contribution in [0.25, 0.3) is 0 Å². The number of nitrogens with zero attached hydrogens (tertiary/aromatic N) is 2. The van der Waals surface area contributed by atoms with Gasteiger partial charge in [0.1, 0.15) is 6.54 Å². The number of carbonyl (C=O) groups is 1. The van der Waals surface area contributed by atoms with Crippen LogP contribution in [0.2, 0.25) is 0 Å². The van der Waals surface area contributed by atoms with Gasteiger partial charge in [0.25, 0.3) is 11.5 Å². The van der Waals surface area contributed by atoms with E-state index in [0.29, 0.717) is 12.5 Å². The lowest BCUT2D eigenvalue weighted by atomic mass is 10.2. The van der Waals surface area contributed by atoms with E-state index >= 15 is 0 Å². The third-order valence-electron chi connectivity index (χ3n) is 2.18. The second-order valence-electron chi connectivity index (χ2n) is 4.35. The third kappa shape index (κ3) is 3.85. The highest BCUT2D eigenvalue weighted by Crippen LogP contribution is 1.89. The van der Waals surface area contributed by atoms with E-state index in [1.807, 2.05) is 13.8 Å². The molecular weight excluding hydrogens is 238 g/mol. The number of amides is 1. The summed E-state index contributed by atoms with van der Waals surface area (Å²) in [6, 6.07) is 1.23. The minimum atomic E-state index is -0.540. The van der Waals surface area contributed by atoms with Gasteiger partial charge in [0.15, 0.2) is 0 Å². The molecule has 1 aromatic heterocycles. The Morgan fingerprint density at radius 1 is 1.44 bits per heavy atom. The maximum absolute atomic E-state index is 11.6. The van der Waals surface area contributed by atoms with Gasteiger partial charge in [0, 0.05) is 19.3 Å². The van der Waals surface area contributed by atoms with Crippen molar-refractivity contribution in [2.24, 2.45) is 13.0 Å². The molecule has 7 heteroatoms. The molecule has 1 N–H and O–H groups in total. The highest BCUT2D eigenvalue weighted by atomic mass is 16.6. The van der Waals surface area contributed by atoms with Crippen molar-refractivity contribution in [3.05, 3.63) is 33.1 Å². The molecule has 0 aliphatic rings. The largest absolute Gasteiger partial charge is 0.331 e. The summed E-state index contributed by atoms with van der Waals surface area (Å²) in [6.07, 6.45) is 1.28. The summed E-state index contributed by atoms with van der Waals surface area (Å²) in [5.41, 5.74) is 1.29. The maximum Gasteiger partial charge on any atom is 0.331 e. The molecule has 0 radical (unpaired) electrons. The smallest absolute Gasteiger partial charge is 0.291 e. The number of hydrogen-bond donors (Lipinski definition) is 1. The highest BCUT2D eigenvalue weighted by molar-refractivity contribution is 5.74. The summed E-state index contributed by atoms with van der Waals surface area (Å²) in [6.45, 7) is 4.10. The van der Waals surface area contributed by atoms with Crippen LogP contribution in [-0.2, 0) is 23.2 Å². The van der Waals surface area contributed by atoms with E-state index in [0.717, 1.165) is 9.13 Å². The summed E-state index contributed by atoms with van der Waals surface area (Å²) < 4.78 is 2.07. The van der Waals surface area contributed by atoms with Crippen molar-refractivity contribution < 1.29 is 9.63 Å². The molecule has 0 aliphatic carbocycles. The lowest BCUT2D eigenvalue weighted by molar-refractivity contribution is -0.135. The molecule has 1 aromatic rings. The van der Waals surface area contributed by atoms with E-state index in [1.54, 1.807) is 0 Å². The van der Waals surface area contributed by atoms with Gasteiger partial charge in [-0.05, 0) is 5.92 Å². The molecule has 18 heavy (non-hydrogen) atoms. The predicted molar refractivity (Wildman–Crippen MR) is 64.9 cm³/mol. The van der Waals surface area contributed by atoms with Crippen molar-refractivity contribution in [3.63, 3.8) is 0 Å². The van der Waals surface area contributed by atoms with Crippen LogP contribution in [-0.4, -0.2) is 21.6 Å². The molecule has 100 valence electrons. The maximum atomic E-state index is 11.6. The van der Waals surface area contributed by atoms with E-state index in [2.05, 4.69) is 5.48 Å². The number of carbonyl (C=O) groups excluding carboxylic acids is 1. The average molecular weight is 255 g/mol. The van der Waals surface area contributed by atoms with Crippen molar-refractivity contribution in [2.75, 3.05) is 6.61 Å². The normalized spacial score (nSPS) is 10.7. The fraction of sp³-hybridized carbons (Fsp3) is 0.545. The topological polar surface area (TPSA) is 82.3 Å². The molecule has 0 aromatic carbocycles. The Kier molecular flexibility index (Phi) is 4.85. The average Bonchev–Trinajstić information content (AvgIpc) is 2.29. The van der Waals surface area contributed by atoms with E-state index < -0.39 is 17.2 Å². The van der Waals surface area contributed by atoms with Gasteiger partial charge in [-0.3, -0.25) is 23.6 Å². The molecule has 0 spiro atoms. The molecule has 0 atom stereocenters. The van der Waals surface area contributed by atoms with Gasteiger partial charge in [-0.1, -0.05) is 13.8 Å². The van der Waals surface area contributed by atoms with Gasteiger partial charge < -0.3 is 0 Å². The van der Waals surface area contributed by atoms with Crippen LogP contribution in [0.5, 0.6) is 0 Å². The van der Waals surface area contributed by atoms with Crippen LogP contribution < -0.4 is 16.7 Å². The first-order valence-corrected chi connectivity index (χ1v) is 5.59. The minimum absolute atomic E-state index is 0.189. The number of hydrogen-bond acceptors (Lipinski definition) is 4. The summed E-state index contributed by atoms with van der Waals surface area (Å²) in [7, 11) is 1.36. The lowest BCUT2D eigenvalue weighted by Crippen LogP contribution is -2.40. The highest BCUT2D eigenvalue weighted by Gasteiger charge is 2.07. The van der Waals surface area contributed by atoms with Gasteiger partial charge in [-0.2, -0.15) is 0 Å². The zero-order valence-electron chi connectivity index (χ0n) is 10.7. The SMILES string of the molecule is CC(C)CONC(=O)Cn1ccc(=O)n(C)c1=O. The van der Waals surface area contributed by atoms with Crippen LogP contribution in [0.4, 0.5) is 0 Å². The lowest BCUT2D eigenvalue weighted by Gasteiger charge is -2.09.